The number of amides is 3. The van der Waals surface area contributed by atoms with Crippen LogP contribution in [0.25, 0.3) is 0 Å². The third-order valence-corrected chi connectivity index (χ3v) is 5.46. The molecule has 212 valence electrons. The van der Waals surface area contributed by atoms with Crippen molar-refractivity contribution in [1.29, 1.82) is 0 Å². The summed E-state index contributed by atoms with van der Waals surface area (Å²) in [5, 5.41) is 34.5. The molecule has 0 bridgehead atoms. The van der Waals surface area contributed by atoms with Gasteiger partial charge in [-0.05, 0) is 32.2 Å². The Morgan fingerprint density at radius 1 is 0.816 bits per heavy atom. The Morgan fingerprint density at radius 3 is 1.79 bits per heavy atom. The van der Waals surface area contributed by atoms with Crippen molar-refractivity contribution in [3.63, 3.8) is 0 Å². The van der Waals surface area contributed by atoms with Crippen LogP contribution in [0.2, 0.25) is 0 Å². The lowest BCUT2D eigenvalue weighted by atomic mass is 10.0. The Bertz CT molecular complexity index is 955. The largest absolute Gasteiger partial charge is 0.481 e. The molecule has 4 unspecified atom stereocenters. The van der Waals surface area contributed by atoms with Gasteiger partial charge in [-0.3, -0.25) is 24.0 Å². The monoisotopic (exact) mass is 541 g/mol. The molecule has 0 saturated carbocycles. The van der Waals surface area contributed by atoms with Crippen LogP contribution in [0.5, 0.6) is 0 Å². The highest BCUT2D eigenvalue weighted by Crippen LogP contribution is 2.07. The van der Waals surface area contributed by atoms with Gasteiger partial charge in [0.1, 0.15) is 18.1 Å². The molecule has 0 radical (unpaired) electrons. The third kappa shape index (κ3) is 12.3. The molecular formula is C22H35N7O9. The van der Waals surface area contributed by atoms with E-state index in [0.717, 1.165) is 0 Å². The maximum absolute atomic E-state index is 13.0. The van der Waals surface area contributed by atoms with Crippen LogP contribution in [-0.4, -0.2) is 91.6 Å². The smallest absolute Gasteiger partial charge is 0.326 e. The maximum Gasteiger partial charge on any atom is 0.326 e. The van der Waals surface area contributed by atoms with Gasteiger partial charge in [0.25, 0.3) is 0 Å². The minimum absolute atomic E-state index is 0.167. The van der Waals surface area contributed by atoms with Gasteiger partial charge in [-0.25, -0.2) is 9.78 Å². The summed E-state index contributed by atoms with van der Waals surface area (Å²) in [6.07, 6.45) is 2.18. The van der Waals surface area contributed by atoms with E-state index in [1.54, 1.807) is 0 Å². The maximum atomic E-state index is 13.0. The van der Waals surface area contributed by atoms with Gasteiger partial charge < -0.3 is 47.7 Å². The number of carboxylic acid groups (broad SMARTS) is 3. The molecule has 38 heavy (non-hydrogen) atoms. The van der Waals surface area contributed by atoms with E-state index in [9.17, 15) is 33.9 Å². The summed E-state index contributed by atoms with van der Waals surface area (Å²) >= 11 is 0. The molecule has 0 aliphatic rings. The summed E-state index contributed by atoms with van der Waals surface area (Å²) in [6.45, 7) is 0.405. The SMILES string of the molecule is NCCCCC(N)C(=O)NC(CCC(=O)O)C(=O)NC(CCC(=O)O)C(=O)NC(Cc1cnc[nH]1)C(=O)O. The second-order valence-corrected chi connectivity index (χ2v) is 8.56. The molecule has 1 heterocycles. The van der Waals surface area contributed by atoms with Crippen molar-refractivity contribution < 1.29 is 44.1 Å². The summed E-state index contributed by atoms with van der Waals surface area (Å²) < 4.78 is 0. The number of H-pyrrole nitrogens is 1. The van der Waals surface area contributed by atoms with E-state index in [1.807, 2.05) is 0 Å². The zero-order chi connectivity index (χ0) is 28.7. The lowest BCUT2D eigenvalue weighted by Gasteiger charge is -2.25. The molecular weight excluding hydrogens is 506 g/mol. The van der Waals surface area contributed by atoms with E-state index in [-0.39, 0.29) is 19.3 Å². The molecule has 0 aliphatic heterocycles. The molecule has 16 heteroatoms. The number of aromatic nitrogens is 2. The molecule has 3 amide bonds. The zero-order valence-corrected chi connectivity index (χ0v) is 20.7. The lowest BCUT2D eigenvalue weighted by molar-refractivity contribution is -0.143. The molecule has 4 atom stereocenters. The number of nitrogens with zero attached hydrogens (tertiary/aromatic N) is 1. The molecule has 16 nitrogen and oxygen atoms in total. The standard InChI is InChI=1S/C22H35N7O9/c23-8-2-1-3-13(24)19(34)27-14(4-6-17(30)31)20(35)28-15(5-7-18(32)33)21(36)29-16(22(37)38)9-12-10-25-11-26-12/h10-11,13-16H,1-9,23-24H2,(H,25,26)(H,27,34)(H,28,35)(H,29,36)(H,30,31)(H,32,33)(H,37,38). The molecule has 1 aromatic rings. The average molecular weight is 542 g/mol. The fourth-order valence-corrected chi connectivity index (χ4v) is 3.35. The molecule has 1 rings (SSSR count). The van der Waals surface area contributed by atoms with Crippen molar-refractivity contribution in [2.75, 3.05) is 6.54 Å². The average Bonchev–Trinajstić information content (AvgIpc) is 3.36. The number of imidazole rings is 1. The number of hydrogen-bond donors (Lipinski definition) is 9. The van der Waals surface area contributed by atoms with Crippen molar-refractivity contribution in [3.05, 3.63) is 18.2 Å². The lowest BCUT2D eigenvalue weighted by Crippen LogP contribution is -2.57. The Hall–Kier alpha value is -4.05. The van der Waals surface area contributed by atoms with Gasteiger partial charge in [0.15, 0.2) is 0 Å². The zero-order valence-electron chi connectivity index (χ0n) is 20.7. The van der Waals surface area contributed by atoms with Gasteiger partial charge in [-0.1, -0.05) is 6.42 Å². The molecule has 1 aromatic heterocycles. The van der Waals surface area contributed by atoms with Crippen LogP contribution in [0.4, 0.5) is 0 Å². The van der Waals surface area contributed by atoms with Gasteiger partial charge in [0, 0.05) is 31.2 Å². The van der Waals surface area contributed by atoms with Crippen LogP contribution in [0.3, 0.4) is 0 Å². The summed E-state index contributed by atoms with van der Waals surface area (Å²) in [5.41, 5.74) is 11.7. The third-order valence-electron chi connectivity index (χ3n) is 5.46. The summed E-state index contributed by atoms with van der Waals surface area (Å²) in [5.74, 6) is -6.56. The number of hydrogen-bond acceptors (Lipinski definition) is 9. The Kier molecular flexibility index (Phi) is 14.0. The predicted molar refractivity (Wildman–Crippen MR) is 130 cm³/mol. The van der Waals surface area contributed by atoms with Crippen LogP contribution >= 0.6 is 0 Å². The molecule has 0 spiro atoms. The van der Waals surface area contributed by atoms with E-state index in [1.165, 1.54) is 12.5 Å². The van der Waals surface area contributed by atoms with Crippen molar-refractivity contribution in [2.24, 2.45) is 11.5 Å². The molecule has 11 N–H and O–H groups in total. The number of nitrogens with two attached hydrogens (primary N) is 2. The fourth-order valence-electron chi connectivity index (χ4n) is 3.35. The van der Waals surface area contributed by atoms with E-state index in [0.29, 0.717) is 25.1 Å². The normalized spacial score (nSPS) is 13.9. The van der Waals surface area contributed by atoms with Gasteiger partial charge in [-0.15, -0.1) is 0 Å². The van der Waals surface area contributed by atoms with Gasteiger partial charge in [-0.2, -0.15) is 0 Å². The first-order chi connectivity index (χ1) is 17.9. The van der Waals surface area contributed by atoms with E-state index in [2.05, 4.69) is 25.9 Å². The highest BCUT2D eigenvalue weighted by molar-refractivity contribution is 5.94. The van der Waals surface area contributed by atoms with Crippen LogP contribution < -0.4 is 27.4 Å². The summed E-state index contributed by atoms with van der Waals surface area (Å²) in [7, 11) is 0. The molecule has 0 aliphatic carbocycles. The van der Waals surface area contributed by atoms with Gasteiger partial charge in [0.2, 0.25) is 17.7 Å². The fraction of sp³-hybridized carbons (Fsp3) is 0.591. The van der Waals surface area contributed by atoms with Crippen molar-refractivity contribution in [3.8, 4) is 0 Å². The topological polar surface area (TPSA) is 280 Å². The van der Waals surface area contributed by atoms with E-state index >= 15 is 0 Å². The number of nitrogens with one attached hydrogen (secondary N) is 4. The number of aliphatic carboxylic acids is 3. The Balaban J connectivity index is 3.00. The first kappa shape index (κ1) is 32.0. The number of carboxylic acids is 3. The number of carbonyl (C=O) groups is 6. The Labute approximate surface area is 217 Å². The van der Waals surface area contributed by atoms with E-state index in [4.69, 9.17) is 21.7 Å². The number of carbonyl (C=O) groups excluding carboxylic acids is 3. The summed E-state index contributed by atoms with van der Waals surface area (Å²) in [4.78, 5) is 78.6. The van der Waals surface area contributed by atoms with Gasteiger partial charge in [0.05, 0.1) is 12.4 Å². The summed E-state index contributed by atoms with van der Waals surface area (Å²) in [6, 6.07) is -5.32. The van der Waals surface area contributed by atoms with Crippen molar-refractivity contribution >= 4 is 35.6 Å². The molecule has 0 saturated heterocycles. The first-order valence-corrected chi connectivity index (χ1v) is 11.9. The van der Waals surface area contributed by atoms with Gasteiger partial charge >= 0.3 is 17.9 Å². The second kappa shape index (κ2) is 16.6. The first-order valence-electron chi connectivity index (χ1n) is 11.9. The highest BCUT2D eigenvalue weighted by Gasteiger charge is 2.31. The number of rotatable bonds is 19. The predicted octanol–water partition coefficient (Wildman–Crippen LogP) is -2.32. The minimum atomic E-state index is -1.50. The van der Waals surface area contributed by atoms with Crippen molar-refractivity contribution in [1.82, 2.24) is 25.9 Å². The quantitative estimate of drug-likeness (QED) is 0.0834. The van der Waals surface area contributed by atoms with Crippen LogP contribution in [0.1, 0.15) is 50.6 Å². The van der Waals surface area contributed by atoms with Crippen LogP contribution in [0.15, 0.2) is 12.5 Å². The van der Waals surface area contributed by atoms with Crippen LogP contribution in [0, 0.1) is 0 Å². The second-order valence-electron chi connectivity index (χ2n) is 8.56. The minimum Gasteiger partial charge on any atom is -0.481 e. The van der Waals surface area contributed by atoms with Crippen molar-refractivity contribution in [2.45, 2.75) is 75.5 Å². The number of aromatic amines is 1. The molecule has 0 aromatic carbocycles. The number of unbranched alkanes of at least 4 members (excludes halogenated alkanes) is 1. The molecule has 0 fully saturated rings. The van der Waals surface area contributed by atoms with E-state index < -0.39 is 79.1 Å². The highest BCUT2D eigenvalue weighted by atomic mass is 16.4. The van der Waals surface area contributed by atoms with Crippen LogP contribution in [-0.2, 0) is 35.2 Å². The Morgan fingerprint density at radius 2 is 1.34 bits per heavy atom.